The van der Waals surface area contributed by atoms with Gasteiger partial charge in [-0.3, -0.25) is 9.59 Å². The number of carbonyl (C=O) groups excluding carboxylic acids is 2. The van der Waals surface area contributed by atoms with Gasteiger partial charge in [-0.1, -0.05) is 36.4 Å². The molecule has 3 rings (SSSR count). The van der Waals surface area contributed by atoms with Crippen LogP contribution in [-0.2, 0) is 27.2 Å². The molecule has 0 bridgehead atoms. The minimum absolute atomic E-state index is 0.0855. The molecule has 0 spiro atoms. The summed E-state index contributed by atoms with van der Waals surface area (Å²) in [6.07, 6.45) is 3.32. The zero-order valence-corrected chi connectivity index (χ0v) is 15.0. The fourth-order valence-corrected chi connectivity index (χ4v) is 3.86. The fraction of sp³-hybridized carbons (Fsp3) is 0.400. The number of hydrogen-bond acceptors (Lipinski definition) is 4. The van der Waals surface area contributed by atoms with Crippen molar-refractivity contribution in [1.82, 2.24) is 4.90 Å². The molecule has 1 aromatic heterocycles. The predicted molar refractivity (Wildman–Crippen MR) is 98.4 cm³/mol. The van der Waals surface area contributed by atoms with Gasteiger partial charge in [-0.25, -0.2) is 0 Å². The Morgan fingerprint density at radius 3 is 2.52 bits per heavy atom. The van der Waals surface area contributed by atoms with Gasteiger partial charge < -0.3 is 9.64 Å². The number of rotatable bonds is 6. The van der Waals surface area contributed by atoms with Crippen LogP contribution in [-0.4, -0.2) is 36.5 Å². The molecule has 2 aromatic rings. The Hall–Kier alpha value is -2.14. The van der Waals surface area contributed by atoms with Gasteiger partial charge in [0.15, 0.2) is 6.61 Å². The number of hydrogen-bond donors (Lipinski definition) is 0. The van der Waals surface area contributed by atoms with Gasteiger partial charge in [0, 0.05) is 18.0 Å². The van der Waals surface area contributed by atoms with Crippen molar-refractivity contribution in [3.05, 3.63) is 58.3 Å². The highest BCUT2D eigenvalue weighted by atomic mass is 32.1. The molecule has 0 radical (unpaired) electrons. The van der Waals surface area contributed by atoms with Crippen molar-refractivity contribution < 1.29 is 14.3 Å². The van der Waals surface area contributed by atoms with Crippen LogP contribution in [0.1, 0.15) is 23.3 Å². The van der Waals surface area contributed by atoms with Gasteiger partial charge in [0.25, 0.3) is 5.91 Å². The molecule has 0 aliphatic carbocycles. The van der Waals surface area contributed by atoms with E-state index >= 15 is 0 Å². The maximum absolute atomic E-state index is 12.2. The zero-order chi connectivity index (χ0) is 17.5. The number of nitrogens with zero attached hydrogens (tertiary/aromatic N) is 1. The number of thiophene rings is 1. The van der Waals surface area contributed by atoms with Gasteiger partial charge >= 0.3 is 5.97 Å². The Morgan fingerprint density at radius 1 is 1.08 bits per heavy atom. The van der Waals surface area contributed by atoms with Crippen LogP contribution in [0, 0.1) is 5.92 Å². The van der Waals surface area contributed by atoms with Gasteiger partial charge in [-0.2, -0.15) is 0 Å². The Morgan fingerprint density at radius 2 is 1.84 bits per heavy atom. The van der Waals surface area contributed by atoms with Crippen LogP contribution in [0.4, 0.5) is 0 Å². The van der Waals surface area contributed by atoms with Crippen LogP contribution in [0.2, 0.25) is 0 Å². The lowest BCUT2D eigenvalue weighted by molar-refractivity contribution is -0.152. The summed E-state index contributed by atoms with van der Waals surface area (Å²) in [4.78, 5) is 26.8. The van der Waals surface area contributed by atoms with E-state index in [1.54, 1.807) is 0 Å². The van der Waals surface area contributed by atoms with E-state index in [1.165, 1.54) is 16.9 Å². The van der Waals surface area contributed by atoms with Crippen LogP contribution in [0.3, 0.4) is 0 Å². The molecule has 132 valence electrons. The van der Waals surface area contributed by atoms with Crippen molar-refractivity contribution in [2.45, 2.75) is 25.7 Å². The number of ether oxygens (including phenoxy) is 1. The Bertz CT molecular complexity index is 676. The van der Waals surface area contributed by atoms with Crippen LogP contribution >= 0.6 is 11.3 Å². The summed E-state index contributed by atoms with van der Waals surface area (Å²) >= 11 is 1.52. The summed E-state index contributed by atoms with van der Waals surface area (Å²) < 4.78 is 5.13. The van der Waals surface area contributed by atoms with Crippen molar-refractivity contribution in [1.29, 1.82) is 0 Å². The van der Waals surface area contributed by atoms with Crippen molar-refractivity contribution in [2.24, 2.45) is 5.92 Å². The second kappa shape index (κ2) is 8.81. The summed E-state index contributed by atoms with van der Waals surface area (Å²) in [5, 5.41) is 1.92. The van der Waals surface area contributed by atoms with Gasteiger partial charge in [0.2, 0.25) is 0 Å². The van der Waals surface area contributed by atoms with E-state index in [1.807, 2.05) is 28.5 Å². The van der Waals surface area contributed by atoms with Crippen LogP contribution < -0.4 is 0 Å². The van der Waals surface area contributed by atoms with E-state index in [2.05, 4.69) is 24.3 Å². The number of carbonyl (C=O) groups is 2. The van der Waals surface area contributed by atoms with E-state index in [0.717, 1.165) is 37.2 Å². The normalized spacial score (nSPS) is 15.1. The largest absolute Gasteiger partial charge is 0.455 e. The molecule has 1 saturated heterocycles. The molecule has 0 unspecified atom stereocenters. The Labute approximate surface area is 152 Å². The summed E-state index contributed by atoms with van der Waals surface area (Å²) in [6, 6.07) is 14.3. The van der Waals surface area contributed by atoms with Crippen LogP contribution in [0.25, 0.3) is 0 Å². The molecule has 1 amide bonds. The molecule has 1 fully saturated rings. The van der Waals surface area contributed by atoms with Crippen LogP contribution in [0.15, 0.2) is 47.8 Å². The highest BCUT2D eigenvalue weighted by molar-refractivity contribution is 7.10. The first kappa shape index (κ1) is 17.7. The lowest BCUT2D eigenvalue weighted by Gasteiger charge is -2.32. The molecule has 4 nitrogen and oxygen atoms in total. The molecule has 0 N–H and O–H groups in total. The maximum Gasteiger partial charge on any atom is 0.311 e. The Balaban J connectivity index is 1.37. The highest BCUT2D eigenvalue weighted by Crippen LogP contribution is 2.21. The molecule has 2 heterocycles. The molecule has 0 saturated carbocycles. The number of esters is 1. The quantitative estimate of drug-likeness (QED) is 0.745. The third kappa shape index (κ3) is 5.43. The first-order valence-electron chi connectivity index (χ1n) is 8.70. The first-order chi connectivity index (χ1) is 12.2. The van der Waals surface area contributed by atoms with Crippen molar-refractivity contribution in [2.75, 3.05) is 19.7 Å². The molecule has 0 atom stereocenters. The molecular formula is C20H23NO3S. The van der Waals surface area contributed by atoms with Gasteiger partial charge in [0.05, 0.1) is 6.42 Å². The van der Waals surface area contributed by atoms with Gasteiger partial charge in [-0.05, 0) is 42.2 Å². The van der Waals surface area contributed by atoms with Crippen molar-refractivity contribution in [3.63, 3.8) is 0 Å². The Kier molecular flexibility index (Phi) is 6.23. The number of likely N-dealkylation sites (tertiary alicyclic amines) is 1. The highest BCUT2D eigenvalue weighted by Gasteiger charge is 2.23. The van der Waals surface area contributed by atoms with Crippen molar-refractivity contribution >= 4 is 23.2 Å². The molecule has 1 aliphatic rings. The summed E-state index contributed by atoms with van der Waals surface area (Å²) in [6.45, 7) is 1.35. The average Bonchev–Trinajstić information content (AvgIpc) is 3.14. The number of benzene rings is 1. The summed E-state index contributed by atoms with van der Waals surface area (Å²) in [5.41, 5.74) is 1.36. The summed E-state index contributed by atoms with van der Waals surface area (Å²) in [7, 11) is 0. The van der Waals surface area contributed by atoms with Gasteiger partial charge in [-0.15, -0.1) is 11.3 Å². The standard InChI is InChI=1S/C20H23NO3S/c22-19(15-24-20(23)14-18-7-4-12-25-18)21-10-8-17(9-11-21)13-16-5-2-1-3-6-16/h1-7,12,17H,8-11,13-15H2. The predicted octanol–water partition coefficient (Wildman–Crippen LogP) is 3.32. The van der Waals surface area contributed by atoms with Crippen molar-refractivity contribution in [3.8, 4) is 0 Å². The van der Waals surface area contributed by atoms with E-state index in [9.17, 15) is 9.59 Å². The number of piperidine rings is 1. The summed E-state index contributed by atoms with van der Waals surface area (Å²) in [5.74, 6) is 0.195. The third-order valence-corrected chi connectivity index (χ3v) is 5.47. The lowest BCUT2D eigenvalue weighted by Crippen LogP contribution is -2.41. The molecule has 1 aliphatic heterocycles. The maximum atomic E-state index is 12.2. The monoisotopic (exact) mass is 357 g/mol. The average molecular weight is 357 g/mol. The molecular weight excluding hydrogens is 334 g/mol. The van der Waals surface area contributed by atoms with E-state index < -0.39 is 0 Å². The molecule has 25 heavy (non-hydrogen) atoms. The van der Waals surface area contributed by atoms with E-state index in [-0.39, 0.29) is 24.9 Å². The smallest absolute Gasteiger partial charge is 0.311 e. The minimum Gasteiger partial charge on any atom is -0.455 e. The second-order valence-corrected chi connectivity index (χ2v) is 7.46. The second-order valence-electron chi connectivity index (χ2n) is 6.43. The fourth-order valence-electron chi connectivity index (χ4n) is 3.17. The topological polar surface area (TPSA) is 46.6 Å². The van der Waals surface area contributed by atoms with E-state index in [0.29, 0.717) is 5.92 Å². The van der Waals surface area contributed by atoms with Gasteiger partial charge in [0.1, 0.15) is 0 Å². The van der Waals surface area contributed by atoms with E-state index in [4.69, 9.17) is 4.74 Å². The minimum atomic E-state index is -0.338. The number of amides is 1. The lowest BCUT2D eigenvalue weighted by atomic mass is 9.90. The first-order valence-corrected chi connectivity index (χ1v) is 9.58. The zero-order valence-electron chi connectivity index (χ0n) is 14.2. The third-order valence-electron chi connectivity index (χ3n) is 4.59. The van der Waals surface area contributed by atoms with Crippen LogP contribution in [0.5, 0.6) is 0 Å². The molecule has 5 heteroatoms. The SMILES string of the molecule is O=C(Cc1cccs1)OCC(=O)N1CCC(Cc2ccccc2)CC1. The molecule has 1 aromatic carbocycles.